The minimum atomic E-state index is -3.84. The summed E-state index contributed by atoms with van der Waals surface area (Å²) < 4.78 is 45.3. The van der Waals surface area contributed by atoms with E-state index in [1.165, 1.54) is 24.5 Å². The van der Waals surface area contributed by atoms with Crippen LogP contribution in [0.25, 0.3) is 11.3 Å². The van der Waals surface area contributed by atoms with E-state index in [4.69, 9.17) is 16.0 Å². The molecule has 124 valence electrons. The van der Waals surface area contributed by atoms with Crippen LogP contribution in [0, 0.1) is 12.7 Å². The van der Waals surface area contributed by atoms with Gasteiger partial charge in [-0.15, -0.1) is 0 Å². The molecule has 0 unspecified atom stereocenters. The molecule has 1 heterocycles. The molecule has 0 spiro atoms. The molecule has 3 rings (SSSR count). The highest BCUT2D eigenvalue weighted by Gasteiger charge is 2.16. The molecular weight excluding hydrogens is 355 g/mol. The van der Waals surface area contributed by atoms with Crippen molar-refractivity contribution >= 4 is 27.3 Å². The van der Waals surface area contributed by atoms with Gasteiger partial charge in [0.25, 0.3) is 10.0 Å². The molecule has 5 nitrogen and oxygen atoms in total. The third-order valence-electron chi connectivity index (χ3n) is 3.25. The van der Waals surface area contributed by atoms with Crippen LogP contribution in [0.5, 0.6) is 0 Å². The maximum Gasteiger partial charge on any atom is 0.261 e. The normalized spacial score (nSPS) is 11.5. The predicted octanol–water partition coefficient (Wildman–Crippen LogP) is 4.24. The number of halogens is 2. The van der Waals surface area contributed by atoms with Gasteiger partial charge in [0.1, 0.15) is 17.8 Å². The standard InChI is InChI=1S/C16H12ClFN2O3S/c1-10-19-16(9-23-10)11-2-5-13(6-3-11)24(21,22)20-15-7-4-12(18)8-14(15)17/h2-9,20H,1H3. The van der Waals surface area contributed by atoms with Crippen molar-refractivity contribution in [3.63, 3.8) is 0 Å². The third-order valence-corrected chi connectivity index (χ3v) is 4.95. The van der Waals surface area contributed by atoms with Crippen LogP contribution in [0.3, 0.4) is 0 Å². The molecule has 24 heavy (non-hydrogen) atoms. The summed E-state index contributed by atoms with van der Waals surface area (Å²) in [6.07, 6.45) is 1.50. The summed E-state index contributed by atoms with van der Waals surface area (Å²) >= 11 is 5.84. The SMILES string of the molecule is Cc1nc(-c2ccc(S(=O)(=O)Nc3ccc(F)cc3Cl)cc2)co1. The molecule has 0 radical (unpaired) electrons. The molecule has 0 aliphatic carbocycles. The smallest absolute Gasteiger partial charge is 0.261 e. The van der Waals surface area contributed by atoms with Crippen molar-refractivity contribution in [2.24, 2.45) is 0 Å². The van der Waals surface area contributed by atoms with Gasteiger partial charge in [0.15, 0.2) is 5.89 Å². The van der Waals surface area contributed by atoms with E-state index in [1.807, 2.05) is 0 Å². The lowest BCUT2D eigenvalue weighted by atomic mass is 10.2. The maximum atomic E-state index is 13.0. The monoisotopic (exact) mass is 366 g/mol. The first-order chi connectivity index (χ1) is 11.3. The summed E-state index contributed by atoms with van der Waals surface area (Å²) in [4.78, 5) is 4.22. The van der Waals surface area contributed by atoms with Crippen molar-refractivity contribution < 1.29 is 17.2 Å². The van der Waals surface area contributed by atoms with Crippen molar-refractivity contribution in [2.75, 3.05) is 4.72 Å². The number of hydrogen-bond donors (Lipinski definition) is 1. The van der Waals surface area contributed by atoms with E-state index in [2.05, 4.69) is 9.71 Å². The lowest BCUT2D eigenvalue weighted by Crippen LogP contribution is -2.13. The Labute approximate surface area is 143 Å². The second-order valence-electron chi connectivity index (χ2n) is 5.01. The van der Waals surface area contributed by atoms with Gasteiger partial charge in [0.05, 0.1) is 15.6 Å². The van der Waals surface area contributed by atoms with E-state index in [9.17, 15) is 12.8 Å². The molecule has 3 aromatic rings. The number of nitrogens with one attached hydrogen (secondary N) is 1. The minimum Gasteiger partial charge on any atom is -0.449 e. The average molecular weight is 367 g/mol. The number of benzene rings is 2. The fourth-order valence-corrected chi connectivity index (χ4v) is 3.43. The number of oxazole rings is 1. The van der Waals surface area contributed by atoms with Gasteiger partial charge < -0.3 is 4.42 Å². The molecule has 0 bridgehead atoms. The van der Waals surface area contributed by atoms with E-state index in [1.54, 1.807) is 19.1 Å². The van der Waals surface area contributed by atoms with Crippen molar-refractivity contribution in [1.29, 1.82) is 0 Å². The van der Waals surface area contributed by atoms with Gasteiger partial charge in [0, 0.05) is 12.5 Å². The summed E-state index contributed by atoms with van der Waals surface area (Å²) in [5, 5.41) is -0.0201. The van der Waals surface area contributed by atoms with Crippen LogP contribution in [-0.2, 0) is 10.0 Å². The molecule has 1 aromatic heterocycles. The van der Waals surface area contributed by atoms with Crippen molar-refractivity contribution in [3.05, 3.63) is 65.5 Å². The number of nitrogens with zero attached hydrogens (tertiary/aromatic N) is 1. The molecule has 0 aliphatic rings. The molecule has 8 heteroatoms. The van der Waals surface area contributed by atoms with E-state index < -0.39 is 15.8 Å². The van der Waals surface area contributed by atoms with Crippen LogP contribution in [0.4, 0.5) is 10.1 Å². The lowest BCUT2D eigenvalue weighted by Gasteiger charge is -2.10. The highest BCUT2D eigenvalue weighted by molar-refractivity contribution is 7.92. The zero-order valence-corrected chi connectivity index (χ0v) is 14.0. The minimum absolute atomic E-state index is 0.0201. The van der Waals surface area contributed by atoms with E-state index in [0.29, 0.717) is 11.6 Å². The van der Waals surface area contributed by atoms with Gasteiger partial charge in [-0.2, -0.15) is 0 Å². The highest BCUT2D eigenvalue weighted by Crippen LogP contribution is 2.26. The molecule has 0 fully saturated rings. The summed E-state index contributed by atoms with van der Waals surface area (Å²) in [6, 6.07) is 9.56. The van der Waals surface area contributed by atoms with Gasteiger partial charge in [-0.1, -0.05) is 23.7 Å². The van der Waals surface area contributed by atoms with Crippen LogP contribution in [-0.4, -0.2) is 13.4 Å². The third kappa shape index (κ3) is 3.42. The number of rotatable bonds is 4. The molecule has 0 saturated heterocycles. The van der Waals surface area contributed by atoms with Crippen LogP contribution >= 0.6 is 11.6 Å². The molecule has 1 N–H and O–H groups in total. The zero-order valence-electron chi connectivity index (χ0n) is 12.5. The summed E-state index contributed by atoms with van der Waals surface area (Å²) in [7, 11) is -3.84. The zero-order chi connectivity index (χ0) is 17.3. The van der Waals surface area contributed by atoms with E-state index in [0.717, 1.165) is 17.7 Å². The fourth-order valence-electron chi connectivity index (χ4n) is 2.08. The maximum absolute atomic E-state index is 13.0. The predicted molar refractivity (Wildman–Crippen MR) is 88.9 cm³/mol. The first-order valence-corrected chi connectivity index (χ1v) is 8.72. The quantitative estimate of drug-likeness (QED) is 0.749. The lowest BCUT2D eigenvalue weighted by molar-refractivity contribution is 0.521. The van der Waals surface area contributed by atoms with E-state index >= 15 is 0 Å². The molecular formula is C16H12ClFN2O3S. The van der Waals surface area contributed by atoms with Gasteiger partial charge in [-0.05, 0) is 30.3 Å². The largest absolute Gasteiger partial charge is 0.449 e. The Morgan fingerprint density at radius 2 is 1.88 bits per heavy atom. The van der Waals surface area contributed by atoms with Crippen LogP contribution in [0.2, 0.25) is 5.02 Å². The van der Waals surface area contributed by atoms with Crippen LogP contribution in [0.15, 0.2) is 58.0 Å². The molecule has 2 aromatic carbocycles. The number of aryl methyl sites for hydroxylation is 1. The van der Waals surface area contributed by atoms with Gasteiger partial charge in [-0.3, -0.25) is 4.72 Å². The molecule has 0 aliphatic heterocycles. The summed E-state index contributed by atoms with van der Waals surface area (Å²) in [6.45, 7) is 1.72. The van der Waals surface area contributed by atoms with Crippen LogP contribution < -0.4 is 4.72 Å². The average Bonchev–Trinajstić information content (AvgIpc) is 2.97. The topological polar surface area (TPSA) is 72.2 Å². The number of sulfonamides is 1. The van der Waals surface area contributed by atoms with Crippen molar-refractivity contribution in [1.82, 2.24) is 4.98 Å². The summed E-state index contributed by atoms with van der Waals surface area (Å²) in [5.41, 5.74) is 1.45. The van der Waals surface area contributed by atoms with E-state index in [-0.39, 0.29) is 15.6 Å². The number of hydrogen-bond acceptors (Lipinski definition) is 4. The highest BCUT2D eigenvalue weighted by atomic mass is 35.5. The Hall–Kier alpha value is -2.38. The second kappa shape index (κ2) is 6.26. The molecule has 0 saturated carbocycles. The molecule has 0 amide bonds. The Kier molecular flexibility index (Phi) is 4.29. The fraction of sp³-hybridized carbons (Fsp3) is 0.0625. The molecule has 0 atom stereocenters. The Morgan fingerprint density at radius 3 is 2.46 bits per heavy atom. The van der Waals surface area contributed by atoms with Crippen LogP contribution in [0.1, 0.15) is 5.89 Å². The Balaban J connectivity index is 1.87. The number of anilines is 1. The Bertz CT molecular complexity index is 985. The number of aromatic nitrogens is 1. The first-order valence-electron chi connectivity index (χ1n) is 6.85. The Morgan fingerprint density at radius 1 is 1.17 bits per heavy atom. The first kappa shape index (κ1) is 16.5. The van der Waals surface area contributed by atoms with Gasteiger partial charge in [0.2, 0.25) is 0 Å². The summed E-state index contributed by atoms with van der Waals surface area (Å²) in [5.74, 6) is -0.0236. The van der Waals surface area contributed by atoms with Gasteiger partial charge in [-0.25, -0.2) is 17.8 Å². The van der Waals surface area contributed by atoms with Crippen molar-refractivity contribution in [3.8, 4) is 11.3 Å². The van der Waals surface area contributed by atoms with Crippen molar-refractivity contribution in [2.45, 2.75) is 11.8 Å². The van der Waals surface area contributed by atoms with Gasteiger partial charge >= 0.3 is 0 Å². The second-order valence-corrected chi connectivity index (χ2v) is 7.10.